The molecule has 140 valence electrons. The van der Waals surface area contributed by atoms with Gasteiger partial charge in [0.15, 0.2) is 26.5 Å². The molecule has 1 aromatic rings. The Bertz CT molecular complexity index is 904. The standard InChI is InChI=1S/C17H20N2O5S2/c1-17(2,3)15(20)18-16-19(11-7-26(21,22)8-14(11)25-16)10-4-5-12-13(6-10)24-9-23-12/h4-6,11,14H,7-9H2,1-3H3/t11-,14-/m0/s1. The molecule has 2 fully saturated rings. The number of nitrogens with zero attached hydrogens (tertiary/aromatic N) is 2. The number of anilines is 1. The number of amides is 1. The molecular weight excluding hydrogens is 376 g/mol. The van der Waals surface area contributed by atoms with Crippen LogP contribution in [0.25, 0.3) is 0 Å². The molecule has 3 aliphatic heterocycles. The molecule has 3 heterocycles. The van der Waals surface area contributed by atoms with E-state index in [2.05, 4.69) is 4.99 Å². The van der Waals surface area contributed by atoms with Gasteiger partial charge in [0.2, 0.25) is 6.79 Å². The van der Waals surface area contributed by atoms with Crippen LogP contribution in [0.3, 0.4) is 0 Å². The molecule has 0 aliphatic carbocycles. The molecule has 2 atom stereocenters. The van der Waals surface area contributed by atoms with Crippen LogP contribution in [-0.2, 0) is 14.6 Å². The van der Waals surface area contributed by atoms with Crippen molar-refractivity contribution in [3.05, 3.63) is 18.2 Å². The average Bonchev–Trinajstić information content (AvgIpc) is 3.17. The predicted octanol–water partition coefficient (Wildman–Crippen LogP) is 2.06. The summed E-state index contributed by atoms with van der Waals surface area (Å²) in [6, 6.07) is 5.21. The minimum atomic E-state index is -3.10. The van der Waals surface area contributed by atoms with E-state index in [4.69, 9.17) is 9.47 Å². The number of fused-ring (bicyclic) bond motifs is 2. The van der Waals surface area contributed by atoms with E-state index < -0.39 is 15.3 Å². The molecule has 1 amide bonds. The summed E-state index contributed by atoms with van der Waals surface area (Å²) in [6.45, 7) is 5.61. The van der Waals surface area contributed by atoms with Crippen LogP contribution in [0.1, 0.15) is 20.8 Å². The van der Waals surface area contributed by atoms with Gasteiger partial charge in [-0.05, 0) is 12.1 Å². The summed E-state index contributed by atoms with van der Waals surface area (Å²) in [7, 11) is -3.10. The van der Waals surface area contributed by atoms with E-state index in [0.29, 0.717) is 16.7 Å². The molecular formula is C17H20N2O5S2. The number of thioether (sulfide) groups is 1. The Balaban J connectivity index is 1.75. The van der Waals surface area contributed by atoms with Crippen LogP contribution in [0.15, 0.2) is 23.2 Å². The summed E-state index contributed by atoms with van der Waals surface area (Å²) >= 11 is 1.37. The first-order chi connectivity index (χ1) is 12.1. The summed E-state index contributed by atoms with van der Waals surface area (Å²) < 4.78 is 35.0. The lowest BCUT2D eigenvalue weighted by Crippen LogP contribution is -2.38. The molecule has 4 rings (SSSR count). The number of sulfone groups is 1. The van der Waals surface area contributed by atoms with E-state index in [1.54, 1.807) is 6.07 Å². The molecule has 0 spiro atoms. The third kappa shape index (κ3) is 3.07. The zero-order chi connectivity index (χ0) is 18.7. The Morgan fingerprint density at radius 2 is 1.96 bits per heavy atom. The van der Waals surface area contributed by atoms with E-state index in [1.807, 2.05) is 37.8 Å². The van der Waals surface area contributed by atoms with E-state index >= 15 is 0 Å². The largest absolute Gasteiger partial charge is 0.454 e. The van der Waals surface area contributed by atoms with Crippen molar-refractivity contribution in [1.82, 2.24) is 0 Å². The highest BCUT2D eigenvalue weighted by atomic mass is 32.2. The zero-order valence-corrected chi connectivity index (χ0v) is 16.4. The van der Waals surface area contributed by atoms with Gasteiger partial charge in [-0.15, -0.1) is 0 Å². The molecule has 7 nitrogen and oxygen atoms in total. The van der Waals surface area contributed by atoms with Gasteiger partial charge in [0, 0.05) is 22.4 Å². The van der Waals surface area contributed by atoms with Crippen molar-refractivity contribution >= 4 is 38.4 Å². The Hall–Kier alpha value is -1.74. The highest BCUT2D eigenvalue weighted by molar-refractivity contribution is 8.16. The number of aliphatic imine (C=N–C) groups is 1. The van der Waals surface area contributed by atoms with Crippen LogP contribution in [0.2, 0.25) is 0 Å². The predicted molar refractivity (Wildman–Crippen MR) is 101 cm³/mol. The number of carbonyl (C=O) groups excluding carboxylic acids is 1. The van der Waals surface area contributed by atoms with Crippen LogP contribution in [0, 0.1) is 5.41 Å². The topological polar surface area (TPSA) is 85.3 Å². The second kappa shape index (κ2) is 5.88. The third-order valence-electron chi connectivity index (χ3n) is 4.54. The van der Waals surface area contributed by atoms with Crippen LogP contribution in [-0.4, -0.2) is 49.1 Å². The highest BCUT2D eigenvalue weighted by Gasteiger charge is 2.49. The molecule has 26 heavy (non-hydrogen) atoms. The monoisotopic (exact) mass is 396 g/mol. The molecule has 1 aromatic carbocycles. The van der Waals surface area contributed by atoms with Gasteiger partial charge in [-0.3, -0.25) is 4.79 Å². The lowest BCUT2D eigenvalue weighted by Gasteiger charge is -2.25. The second-order valence-corrected chi connectivity index (χ2v) is 11.0. The molecule has 3 aliphatic rings. The fourth-order valence-electron chi connectivity index (χ4n) is 3.16. The van der Waals surface area contributed by atoms with Gasteiger partial charge in [0.1, 0.15) is 0 Å². The van der Waals surface area contributed by atoms with Crippen LogP contribution in [0.4, 0.5) is 5.69 Å². The molecule has 0 N–H and O–H groups in total. The number of rotatable bonds is 1. The summed E-state index contributed by atoms with van der Waals surface area (Å²) in [5.74, 6) is 1.20. The fraction of sp³-hybridized carbons (Fsp3) is 0.529. The lowest BCUT2D eigenvalue weighted by molar-refractivity contribution is -0.124. The van der Waals surface area contributed by atoms with Gasteiger partial charge in [0.25, 0.3) is 5.91 Å². The van der Waals surface area contributed by atoms with Crippen LogP contribution in [0.5, 0.6) is 11.5 Å². The van der Waals surface area contributed by atoms with Crippen molar-refractivity contribution < 1.29 is 22.7 Å². The highest BCUT2D eigenvalue weighted by Crippen LogP contribution is 2.44. The quantitative estimate of drug-likeness (QED) is 0.718. The molecule has 0 saturated carbocycles. The van der Waals surface area contributed by atoms with Crippen molar-refractivity contribution in [2.45, 2.75) is 32.1 Å². The minimum absolute atomic E-state index is 0.0574. The SMILES string of the molecule is CC(C)(C)C(=O)N=C1S[C@H]2CS(=O)(=O)C[C@@H]2N1c1ccc2c(c1)OCO2. The number of benzene rings is 1. The fourth-order valence-corrected chi connectivity index (χ4v) is 7.07. The molecule has 0 radical (unpaired) electrons. The molecule has 0 bridgehead atoms. The van der Waals surface area contributed by atoms with Gasteiger partial charge < -0.3 is 14.4 Å². The van der Waals surface area contributed by atoms with Gasteiger partial charge in [0.05, 0.1) is 17.5 Å². The van der Waals surface area contributed by atoms with Gasteiger partial charge in [-0.25, -0.2) is 8.42 Å². The number of ether oxygens (including phenoxy) is 2. The summed E-state index contributed by atoms with van der Waals surface area (Å²) in [5.41, 5.74) is 0.157. The van der Waals surface area contributed by atoms with E-state index in [1.165, 1.54) is 11.8 Å². The molecule has 2 saturated heterocycles. The van der Waals surface area contributed by atoms with E-state index in [-0.39, 0.29) is 35.5 Å². The number of carbonyl (C=O) groups is 1. The summed E-state index contributed by atoms with van der Waals surface area (Å²) in [5, 5.41) is 0.422. The minimum Gasteiger partial charge on any atom is -0.454 e. The average molecular weight is 396 g/mol. The Morgan fingerprint density at radius 3 is 2.69 bits per heavy atom. The van der Waals surface area contributed by atoms with Gasteiger partial charge >= 0.3 is 0 Å². The van der Waals surface area contributed by atoms with Crippen LogP contribution >= 0.6 is 11.8 Å². The van der Waals surface area contributed by atoms with Gasteiger partial charge in [-0.1, -0.05) is 32.5 Å². The van der Waals surface area contributed by atoms with Crippen LogP contribution < -0.4 is 14.4 Å². The van der Waals surface area contributed by atoms with Crippen molar-refractivity contribution in [2.24, 2.45) is 10.4 Å². The maximum Gasteiger partial charge on any atom is 0.253 e. The lowest BCUT2D eigenvalue weighted by atomic mass is 9.96. The number of hydrogen-bond donors (Lipinski definition) is 0. The summed E-state index contributed by atoms with van der Waals surface area (Å²) in [4.78, 5) is 18.6. The molecule has 0 unspecified atom stereocenters. The smallest absolute Gasteiger partial charge is 0.253 e. The van der Waals surface area contributed by atoms with Gasteiger partial charge in [-0.2, -0.15) is 4.99 Å². The van der Waals surface area contributed by atoms with Crippen molar-refractivity contribution in [3.8, 4) is 11.5 Å². The first-order valence-corrected chi connectivity index (χ1v) is 11.0. The first-order valence-electron chi connectivity index (χ1n) is 8.33. The number of hydrogen-bond acceptors (Lipinski definition) is 6. The second-order valence-electron chi connectivity index (χ2n) is 7.66. The molecule has 0 aromatic heterocycles. The Morgan fingerprint density at radius 1 is 1.23 bits per heavy atom. The normalized spacial score (nSPS) is 27.8. The maximum absolute atomic E-state index is 12.4. The van der Waals surface area contributed by atoms with E-state index in [0.717, 1.165) is 5.69 Å². The third-order valence-corrected chi connectivity index (χ3v) is 7.75. The van der Waals surface area contributed by atoms with E-state index in [9.17, 15) is 13.2 Å². The first kappa shape index (κ1) is 17.7. The maximum atomic E-state index is 12.4. The van der Waals surface area contributed by atoms with Crippen molar-refractivity contribution in [2.75, 3.05) is 23.2 Å². The van der Waals surface area contributed by atoms with Crippen molar-refractivity contribution in [1.29, 1.82) is 0 Å². The summed E-state index contributed by atoms with van der Waals surface area (Å²) in [6.07, 6.45) is 0. The van der Waals surface area contributed by atoms with Crippen molar-refractivity contribution in [3.63, 3.8) is 0 Å². The Labute approximate surface area is 156 Å². The zero-order valence-electron chi connectivity index (χ0n) is 14.8. The number of amidine groups is 1. The Kier molecular flexibility index (Phi) is 4.00. The molecule has 9 heteroatoms.